The fraction of sp³-hybridized carbons (Fsp3) is 0.0714. The zero-order valence-electron chi connectivity index (χ0n) is 18.2. The highest BCUT2D eigenvalue weighted by Crippen LogP contribution is 2.36. The Bertz CT molecular complexity index is 1450. The number of aryl methyl sites for hydroxylation is 2. The quantitative estimate of drug-likeness (QED) is 0.400. The first-order valence-corrected chi connectivity index (χ1v) is 10.6. The van der Waals surface area contributed by atoms with E-state index in [4.69, 9.17) is 0 Å². The van der Waals surface area contributed by atoms with Gasteiger partial charge >= 0.3 is 0 Å². The number of rotatable bonds is 4. The van der Waals surface area contributed by atoms with E-state index in [0.717, 1.165) is 21.9 Å². The van der Waals surface area contributed by atoms with Crippen LogP contribution < -0.4 is 10.2 Å². The van der Waals surface area contributed by atoms with Gasteiger partial charge in [-0.25, -0.2) is 9.29 Å². The molecule has 0 aromatic heterocycles. The molecule has 0 radical (unpaired) electrons. The normalized spacial score (nSPS) is 13.8. The van der Waals surface area contributed by atoms with Gasteiger partial charge in [0.25, 0.3) is 11.8 Å². The number of nitrogens with one attached hydrogen (secondary N) is 1. The molecule has 0 atom stereocenters. The van der Waals surface area contributed by atoms with Crippen molar-refractivity contribution in [3.8, 4) is 0 Å². The topological polar surface area (TPSA) is 49.4 Å². The van der Waals surface area contributed by atoms with Gasteiger partial charge in [-0.05, 0) is 54.6 Å². The van der Waals surface area contributed by atoms with Crippen LogP contribution in [0.3, 0.4) is 0 Å². The van der Waals surface area contributed by atoms with Crippen molar-refractivity contribution in [2.24, 2.45) is 0 Å². The van der Waals surface area contributed by atoms with E-state index in [-0.39, 0.29) is 11.3 Å². The fourth-order valence-corrected chi connectivity index (χ4v) is 4.27. The number of carbonyl (C=O) groups is 2. The van der Waals surface area contributed by atoms with E-state index in [1.54, 1.807) is 6.07 Å². The highest BCUT2D eigenvalue weighted by molar-refractivity contribution is 6.46. The maximum absolute atomic E-state index is 13.7. The molecule has 4 aromatic carbocycles. The van der Waals surface area contributed by atoms with Gasteiger partial charge in [-0.2, -0.15) is 0 Å². The molecule has 4 nitrogen and oxygen atoms in total. The lowest BCUT2D eigenvalue weighted by molar-refractivity contribution is -0.120. The molecule has 33 heavy (non-hydrogen) atoms. The number of benzene rings is 4. The first-order chi connectivity index (χ1) is 15.9. The van der Waals surface area contributed by atoms with Crippen molar-refractivity contribution < 1.29 is 14.0 Å². The highest BCUT2D eigenvalue weighted by atomic mass is 19.1. The third-order valence-electron chi connectivity index (χ3n) is 5.86. The van der Waals surface area contributed by atoms with Crippen molar-refractivity contribution in [1.29, 1.82) is 0 Å². The largest absolute Gasteiger partial charge is 0.350 e. The molecule has 0 unspecified atom stereocenters. The molecule has 4 aromatic rings. The van der Waals surface area contributed by atoms with Gasteiger partial charge in [0.15, 0.2) is 0 Å². The predicted octanol–water partition coefficient (Wildman–Crippen LogP) is 5.99. The summed E-state index contributed by atoms with van der Waals surface area (Å²) in [4.78, 5) is 28.5. The minimum absolute atomic E-state index is 0.169. The molecule has 0 spiro atoms. The summed E-state index contributed by atoms with van der Waals surface area (Å²) in [5, 5.41) is 5.17. The van der Waals surface area contributed by atoms with Gasteiger partial charge in [0.1, 0.15) is 11.5 Å². The van der Waals surface area contributed by atoms with Crippen LogP contribution in [-0.4, -0.2) is 11.8 Å². The molecule has 1 aliphatic rings. The van der Waals surface area contributed by atoms with Crippen molar-refractivity contribution in [1.82, 2.24) is 0 Å². The van der Waals surface area contributed by atoms with Gasteiger partial charge in [-0.3, -0.25) is 9.59 Å². The van der Waals surface area contributed by atoms with Crippen LogP contribution in [0.5, 0.6) is 0 Å². The molecular weight excluding hydrogens is 415 g/mol. The average molecular weight is 436 g/mol. The fourth-order valence-electron chi connectivity index (χ4n) is 4.27. The number of nitrogens with zero attached hydrogens (tertiary/aromatic N) is 1. The van der Waals surface area contributed by atoms with Gasteiger partial charge < -0.3 is 5.32 Å². The van der Waals surface area contributed by atoms with E-state index in [1.165, 1.54) is 29.2 Å². The maximum Gasteiger partial charge on any atom is 0.282 e. The minimum Gasteiger partial charge on any atom is -0.350 e. The minimum atomic E-state index is -0.445. The molecule has 0 saturated heterocycles. The molecule has 0 bridgehead atoms. The Morgan fingerprint density at radius 3 is 2.27 bits per heavy atom. The van der Waals surface area contributed by atoms with Crippen LogP contribution in [0.15, 0.2) is 90.6 Å². The maximum atomic E-state index is 13.7. The van der Waals surface area contributed by atoms with Gasteiger partial charge in [0, 0.05) is 11.1 Å². The summed E-state index contributed by atoms with van der Waals surface area (Å²) in [5.74, 6) is -1.30. The zero-order chi connectivity index (χ0) is 23.1. The van der Waals surface area contributed by atoms with Gasteiger partial charge in [-0.1, -0.05) is 66.2 Å². The van der Waals surface area contributed by atoms with Crippen molar-refractivity contribution in [3.05, 3.63) is 113 Å². The molecule has 162 valence electrons. The zero-order valence-corrected chi connectivity index (χ0v) is 18.2. The molecule has 0 fully saturated rings. The average Bonchev–Trinajstić information content (AvgIpc) is 3.04. The van der Waals surface area contributed by atoms with Crippen molar-refractivity contribution in [2.45, 2.75) is 13.8 Å². The van der Waals surface area contributed by atoms with Crippen molar-refractivity contribution in [2.75, 3.05) is 10.2 Å². The lowest BCUT2D eigenvalue weighted by Crippen LogP contribution is -2.33. The summed E-state index contributed by atoms with van der Waals surface area (Å²) < 4.78 is 13.6. The number of anilines is 2. The Labute approximate surface area is 191 Å². The predicted molar refractivity (Wildman–Crippen MR) is 129 cm³/mol. The summed E-state index contributed by atoms with van der Waals surface area (Å²) in [6.07, 6.45) is 0. The molecule has 2 amide bonds. The van der Waals surface area contributed by atoms with E-state index in [9.17, 15) is 14.0 Å². The number of amides is 2. The first-order valence-electron chi connectivity index (χ1n) is 10.6. The molecular formula is C28H21FN2O2. The van der Waals surface area contributed by atoms with Crippen molar-refractivity contribution in [3.63, 3.8) is 0 Å². The van der Waals surface area contributed by atoms with Crippen LogP contribution in [-0.2, 0) is 9.59 Å². The van der Waals surface area contributed by atoms with E-state index in [2.05, 4.69) is 5.32 Å². The number of hydrogen-bond donors (Lipinski definition) is 1. The van der Waals surface area contributed by atoms with Crippen LogP contribution in [0.2, 0.25) is 0 Å². The molecule has 1 heterocycles. The smallest absolute Gasteiger partial charge is 0.282 e. The number of carbonyl (C=O) groups excluding carboxylic acids is 2. The number of fused-ring (bicyclic) bond motifs is 1. The SMILES string of the molecule is Cc1ccc(N2C(=O)C(Nc3cccc4ccccc34)=C(c3ccc(F)cc3)C2=O)c(C)c1. The first kappa shape index (κ1) is 20.6. The monoisotopic (exact) mass is 436 g/mol. The van der Waals surface area contributed by atoms with Gasteiger partial charge in [0.05, 0.1) is 11.3 Å². The Kier molecular flexibility index (Phi) is 5.02. The van der Waals surface area contributed by atoms with Gasteiger partial charge in [-0.15, -0.1) is 0 Å². The van der Waals surface area contributed by atoms with Crippen molar-refractivity contribution >= 4 is 39.5 Å². The molecule has 1 N–H and O–H groups in total. The second-order valence-corrected chi connectivity index (χ2v) is 8.14. The molecule has 0 aliphatic carbocycles. The Hall–Kier alpha value is -4.25. The number of halogens is 1. The van der Waals surface area contributed by atoms with Gasteiger partial charge in [0.2, 0.25) is 0 Å². The summed E-state index contributed by atoms with van der Waals surface area (Å²) in [5.41, 5.74) is 3.97. The number of imide groups is 1. The lowest BCUT2D eigenvalue weighted by Gasteiger charge is -2.18. The van der Waals surface area contributed by atoms with Crippen LogP contribution >= 0.6 is 0 Å². The lowest BCUT2D eigenvalue weighted by atomic mass is 10.0. The summed E-state index contributed by atoms with van der Waals surface area (Å²) >= 11 is 0. The third-order valence-corrected chi connectivity index (χ3v) is 5.86. The van der Waals surface area contributed by atoms with Crippen LogP contribution in [0.4, 0.5) is 15.8 Å². The van der Waals surface area contributed by atoms with Crippen LogP contribution in [0.25, 0.3) is 16.3 Å². The summed E-state index contributed by atoms with van der Waals surface area (Å²) in [6.45, 7) is 3.83. The summed E-state index contributed by atoms with van der Waals surface area (Å²) in [6, 6.07) is 24.8. The second-order valence-electron chi connectivity index (χ2n) is 8.14. The Morgan fingerprint density at radius 2 is 1.52 bits per heavy atom. The Morgan fingerprint density at radius 1 is 0.788 bits per heavy atom. The molecule has 5 rings (SSSR count). The number of hydrogen-bond acceptors (Lipinski definition) is 3. The van der Waals surface area contributed by atoms with Crippen LogP contribution in [0.1, 0.15) is 16.7 Å². The Balaban J connectivity index is 1.67. The standard InChI is InChI=1S/C28H21FN2O2/c1-17-10-15-24(18(2)16-17)31-27(32)25(20-11-13-21(29)14-12-20)26(28(31)33)30-23-9-5-7-19-6-3-4-8-22(19)23/h3-16,30H,1-2H3. The molecule has 1 aliphatic heterocycles. The molecule has 5 heteroatoms. The summed E-state index contributed by atoms with van der Waals surface area (Å²) in [7, 11) is 0. The van der Waals surface area contributed by atoms with Crippen LogP contribution in [0, 0.1) is 19.7 Å². The van der Waals surface area contributed by atoms with E-state index >= 15 is 0 Å². The third kappa shape index (κ3) is 3.57. The highest BCUT2D eigenvalue weighted by Gasteiger charge is 2.41. The molecule has 0 saturated carbocycles. The van der Waals surface area contributed by atoms with E-state index < -0.39 is 17.6 Å². The van der Waals surface area contributed by atoms with E-state index in [1.807, 2.05) is 68.4 Å². The van der Waals surface area contributed by atoms with E-state index in [0.29, 0.717) is 16.9 Å². The second kappa shape index (κ2) is 8.02.